The van der Waals surface area contributed by atoms with E-state index >= 15 is 0 Å². The molecule has 150 valence electrons. The highest BCUT2D eigenvalue weighted by Gasteiger charge is 2.21. The molecule has 1 heterocycles. The van der Waals surface area contributed by atoms with Gasteiger partial charge >= 0.3 is 0 Å². The van der Waals surface area contributed by atoms with Gasteiger partial charge in [0.1, 0.15) is 17.1 Å². The van der Waals surface area contributed by atoms with Crippen LogP contribution in [0.2, 0.25) is 0 Å². The summed E-state index contributed by atoms with van der Waals surface area (Å²) in [6, 6.07) is 9.70. The lowest BCUT2D eigenvalue weighted by Crippen LogP contribution is -2.24. The van der Waals surface area contributed by atoms with Crippen molar-refractivity contribution in [3.63, 3.8) is 0 Å². The molecule has 0 amide bonds. The normalized spacial score (nSPS) is 11.8. The quantitative estimate of drug-likeness (QED) is 0.604. The maximum atomic E-state index is 10.1. The average Bonchev–Trinajstić information content (AvgIpc) is 3.10. The van der Waals surface area contributed by atoms with Crippen LogP contribution in [0, 0.1) is 0 Å². The van der Waals surface area contributed by atoms with E-state index in [0.717, 1.165) is 30.8 Å². The second-order valence-corrected chi connectivity index (χ2v) is 7.07. The average molecular weight is 377 g/mol. The fourth-order valence-electron chi connectivity index (χ4n) is 2.90. The number of benzene rings is 1. The first kappa shape index (κ1) is 21.3. The molecule has 0 aliphatic rings. The van der Waals surface area contributed by atoms with Gasteiger partial charge < -0.3 is 23.7 Å². The number of methoxy groups -OCH3 is 3. The summed E-state index contributed by atoms with van der Waals surface area (Å²) in [7, 11) is 4.98. The summed E-state index contributed by atoms with van der Waals surface area (Å²) in [6.45, 7) is 6.39. The molecule has 0 saturated heterocycles. The fraction of sp³-hybridized carbons (Fsp3) is 0.524. The Morgan fingerprint density at radius 2 is 1.74 bits per heavy atom. The Kier molecular flexibility index (Phi) is 7.71. The van der Waals surface area contributed by atoms with E-state index in [-0.39, 0.29) is 0 Å². The van der Waals surface area contributed by atoms with Crippen molar-refractivity contribution in [3.8, 4) is 11.5 Å². The first-order chi connectivity index (χ1) is 12.9. The molecule has 0 bridgehead atoms. The van der Waals surface area contributed by atoms with Gasteiger partial charge in [-0.1, -0.05) is 6.07 Å². The molecule has 1 aromatic carbocycles. The largest absolute Gasteiger partial charge is 0.493 e. The predicted molar refractivity (Wildman–Crippen MR) is 104 cm³/mol. The number of nitrogens with zero attached hydrogens (tertiary/aromatic N) is 1. The molecule has 6 heteroatoms. The number of ether oxygens (including phenoxy) is 3. The summed E-state index contributed by atoms with van der Waals surface area (Å²) >= 11 is 0. The Balaban J connectivity index is 2.13. The molecule has 0 atom stereocenters. The van der Waals surface area contributed by atoms with E-state index in [4.69, 9.17) is 18.6 Å². The Bertz CT molecular complexity index is 705. The van der Waals surface area contributed by atoms with Gasteiger partial charge in [-0.3, -0.25) is 4.90 Å². The zero-order valence-electron chi connectivity index (χ0n) is 16.9. The monoisotopic (exact) mass is 377 g/mol. The molecule has 2 aromatic rings. The Morgan fingerprint density at radius 3 is 2.33 bits per heavy atom. The second kappa shape index (κ2) is 9.78. The van der Waals surface area contributed by atoms with E-state index < -0.39 is 5.60 Å². The van der Waals surface area contributed by atoms with E-state index in [1.165, 1.54) is 0 Å². The van der Waals surface area contributed by atoms with Crippen LogP contribution in [0.25, 0.3) is 0 Å². The molecule has 1 aromatic heterocycles. The number of hydrogen-bond donors (Lipinski definition) is 1. The van der Waals surface area contributed by atoms with Crippen molar-refractivity contribution in [1.82, 2.24) is 4.90 Å². The first-order valence-electron chi connectivity index (χ1n) is 9.11. The SMILES string of the molecule is COCCCN(Cc1ccc(OC)c(OC)c1)Cc1ccc(C(C)(C)O)o1. The number of furan rings is 1. The highest BCUT2D eigenvalue weighted by molar-refractivity contribution is 5.42. The summed E-state index contributed by atoms with van der Waals surface area (Å²) in [4.78, 5) is 2.28. The van der Waals surface area contributed by atoms with E-state index in [1.54, 1.807) is 35.2 Å². The molecular weight excluding hydrogens is 346 g/mol. The third-order valence-corrected chi connectivity index (χ3v) is 4.32. The number of hydrogen-bond acceptors (Lipinski definition) is 6. The van der Waals surface area contributed by atoms with Crippen molar-refractivity contribution in [3.05, 3.63) is 47.4 Å². The molecule has 0 aliphatic carbocycles. The number of aliphatic hydroxyl groups is 1. The molecule has 27 heavy (non-hydrogen) atoms. The molecule has 1 N–H and O–H groups in total. The van der Waals surface area contributed by atoms with Crippen LogP contribution in [0.5, 0.6) is 11.5 Å². The van der Waals surface area contributed by atoms with Gasteiger partial charge in [0.15, 0.2) is 11.5 Å². The van der Waals surface area contributed by atoms with Crippen molar-refractivity contribution in [1.29, 1.82) is 0 Å². The molecule has 0 fully saturated rings. The van der Waals surface area contributed by atoms with Crippen LogP contribution >= 0.6 is 0 Å². The third kappa shape index (κ3) is 6.27. The van der Waals surface area contributed by atoms with Gasteiger partial charge in [0, 0.05) is 26.8 Å². The Morgan fingerprint density at radius 1 is 1.00 bits per heavy atom. The maximum Gasteiger partial charge on any atom is 0.161 e. The lowest BCUT2D eigenvalue weighted by molar-refractivity contribution is 0.0514. The van der Waals surface area contributed by atoms with E-state index in [0.29, 0.717) is 30.4 Å². The van der Waals surface area contributed by atoms with E-state index in [9.17, 15) is 5.11 Å². The topological polar surface area (TPSA) is 64.3 Å². The second-order valence-electron chi connectivity index (χ2n) is 7.07. The Labute approximate surface area is 161 Å². The maximum absolute atomic E-state index is 10.1. The minimum absolute atomic E-state index is 0.570. The van der Waals surface area contributed by atoms with Gasteiger partial charge in [-0.05, 0) is 50.1 Å². The van der Waals surface area contributed by atoms with E-state index in [2.05, 4.69) is 4.90 Å². The fourth-order valence-corrected chi connectivity index (χ4v) is 2.90. The van der Waals surface area contributed by atoms with Gasteiger partial charge in [-0.25, -0.2) is 0 Å². The van der Waals surface area contributed by atoms with Crippen LogP contribution in [0.3, 0.4) is 0 Å². The van der Waals surface area contributed by atoms with Crippen molar-refractivity contribution in [2.75, 3.05) is 34.5 Å². The zero-order chi connectivity index (χ0) is 19.9. The van der Waals surface area contributed by atoms with Crippen molar-refractivity contribution in [2.45, 2.75) is 39.0 Å². The molecule has 0 radical (unpaired) electrons. The van der Waals surface area contributed by atoms with Gasteiger partial charge in [-0.15, -0.1) is 0 Å². The molecular formula is C21H31NO5. The highest BCUT2D eigenvalue weighted by Crippen LogP contribution is 2.28. The minimum atomic E-state index is -0.984. The van der Waals surface area contributed by atoms with E-state index in [1.807, 2.05) is 30.3 Å². The summed E-state index contributed by atoms with van der Waals surface area (Å²) in [5.74, 6) is 2.83. The lowest BCUT2D eigenvalue weighted by Gasteiger charge is -2.22. The van der Waals surface area contributed by atoms with Gasteiger partial charge in [-0.2, -0.15) is 0 Å². The standard InChI is InChI=1S/C21H31NO5/c1-21(2,23)20-10-8-17(27-20)15-22(11-6-12-24-3)14-16-7-9-18(25-4)19(13-16)26-5/h7-10,13,23H,6,11-12,14-15H2,1-5H3. The Hall–Kier alpha value is -2.02. The van der Waals surface area contributed by atoms with Crippen LogP contribution in [-0.2, 0) is 23.4 Å². The summed E-state index contributed by atoms with van der Waals surface area (Å²) in [5, 5.41) is 10.1. The molecule has 0 aliphatic heterocycles. The van der Waals surface area contributed by atoms with Crippen molar-refractivity contribution in [2.24, 2.45) is 0 Å². The van der Waals surface area contributed by atoms with Crippen LogP contribution in [0.4, 0.5) is 0 Å². The molecule has 2 rings (SSSR count). The molecule has 0 unspecified atom stereocenters. The summed E-state index contributed by atoms with van der Waals surface area (Å²) in [6.07, 6.45) is 0.919. The zero-order valence-corrected chi connectivity index (χ0v) is 16.9. The van der Waals surface area contributed by atoms with Crippen LogP contribution in [0.15, 0.2) is 34.7 Å². The molecule has 0 saturated carbocycles. The molecule has 0 spiro atoms. The van der Waals surface area contributed by atoms with Crippen LogP contribution in [-0.4, -0.2) is 44.5 Å². The van der Waals surface area contributed by atoms with Gasteiger partial charge in [0.05, 0.1) is 20.8 Å². The summed E-state index contributed by atoms with van der Waals surface area (Å²) in [5.41, 5.74) is 0.141. The van der Waals surface area contributed by atoms with Gasteiger partial charge in [0.25, 0.3) is 0 Å². The first-order valence-corrected chi connectivity index (χ1v) is 9.11. The smallest absolute Gasteiger partial charge is 0.161 e. The lowest BCUT2D eigenvalue weighted by atomic mass is 10.1. The van der Waals surface area contributed by atoms with Gasteiger partial charge in [0.2, 0.25) is 0 Å². The highest BCUT2D eigenvalue weighted by atomic mass is 16.5. The van der Waals surface area contributed by atoms with Crippen LogP contribution in [0.1, 0.15) is 37.4 Å². The summed E-state index contributed by atoms with van der Waals surface area (Å²) < 4.78 is 21.7. The predicted octanol–water partition coefficient (Wildman–Crippen LogP) is 3.56. The van der Waals surface area contributed by atoms with Crippen molar-refractivity contribution >= 4 is 0 Å². The molecule has 6 nitrogen and oxygen atoms in total. The van der Waals surface area contributed by atoms with Crippen LogP contribution < -0.4 is 9.47 Å². The minimum Gasteiger partial charge on any atom is -0.493 e. The van der Waals surface area contributed by atoms with Crippen molar-refractivity contribution < 1.29 is 23.7 Å². The third-order valence-electron chi connectivity index (χ3n) is 4.32. The number of rotatable bonds is 11.